The lowest BCUT2D eigenvalue weighted by molar-refractivity contribution is 0.414. The van der Waals surface area contributed by atoms with Gasteiger partial charge < -0.3 is 15.4 Å². The summed E-state index contributed by atoms with van der Waals surface area (Å²) < 4.78 is 7.29. The molecule has 5 nitrogen and oxygen atoms in total. The lowest BCUT2D eigenvalue weighted by atomic mass is 10.1. The van der Waals surface area contributed by atoms with Gasteiger partial charge in [0.2, 0.25) is 0 Å². The minimum atomic E-state index is 0.563. The summed E-state index contributed by atoms with van der Waals surface area (Å²) in [6, 6.07) is 16.2. The van der Waals surface area contributed by atoms with Crippen molar-refractivity contribution < 1.29 is 4.74 Å². The summed E-state index contributed by atoms with van der Waals surface area (Å²) in [6.45, 7) is 6.84. The highest BCUT2D eigenvalue weighted by Gasteiger charge is 2.14. The fourth-order valence-electron chi connectivity index (χ4n) is 3.19. The average Bonchev–Trinajstić information content (AvgIpc) is 2.96. The van der Waals surface area contributed by atoms with Gasteiger partial charge in [0.15, 0.2) is 5.11 Å². The standard InChI is InChI=1S/C22H26N4OS/c1-5-18-10-6-7-12-20(18)23-22(28)24-21-15(2)25-26(16(21)3)14-17-9-8-11-19(13-17)27-4/h6-13H,5,14H2,1-4H3,(H2,23,24,28). The van der Waals surface area contributed by atoms with Crippen LogP contribution in [0.2, 0.25) is 0 Å². The number of para-hydroxylation sites is 1. The molecular weight excluding hydrogens is 368 g/mol. The van der Waals surface area contributed by atoms with E-state index in [1.807, 2.05) is 54.9 Å². The maximum atomic E-state index is 5.54. The largest absolute Gasteiger partial charge is 0.497 e. The smallest absolute Gasteiger partial charge is 0.175 e. The van der Waals surface area contributed by atoms with Crippen molar-refractivity contribution in [3.8, 4) is 5.75 Å². The molecule has 0 amide bonds. The number of hydrogen-bond acceptors (Lipinski definition) is 3. The molecule has 0 bridgehead atoms. The molecule has 0 fully saturated rings. The molecule has 0 aliphatic carbocycles. The van der Waals surface area contributed by atoms with Gasteiger partial charge in [-0.1, -0.05) is 37.3 Å². The molecule has 146 valence electrons. The number of anilines is 2. The van der Waals surface area contributed by atoms with Crippen molar-refractivity contribution >= 4 is 28.7 Å². The first-order valence-corrected chi connectivity index (χ1v) is 9.75. The molecule has 3 aromatic rings. The molecule has 6 heteroatoms. The topological polar surface area (TPSA) is 51.1 Å². The number of aromatic nitrogens is 2. The Kier molecular flexibility index (Phi) is 6.31. The van der Waals surface area contributed by atoms with E-state index in [1.54, 1.807) is 7.11 Å². The van der Waals surface area contributed by atoms with Crippen LogP contribution in [0.15, 0.2) is 48.5 Å². The fourth-order valence-corrected chi connectivity index (χ4v) is 3.41. The fraction of sp³-hybridized carbons (Fsp3) is 0.273. The summed E-state index contributed by atoms with van der Waals surface area (Å²) in [5.41, 5.74) is 6.28. The Labute approximate surface area is 171 Å². The lowest BCUT2D eigenvalue weighted by Crippen LogP contribution is -2.20. The van der Waals surface area contributed by atoms with Crippen molar-refractivity contribution in [3.05, 3.63) is 71.0 Å². The molecule has 2 aromatic carbocycles. The van der Waals surface area contributed by atoms with Crippen molar-refractivity contribution in [2.75, 3.05) is 17.7 Å². The maximum Gasteiger partial charge on any atom is 0.175 e. The molecule has 0 aliphatic rings. The van der Waals surface area contributed by atoms with Gasteiger partial charge >= 0.3 is 0 Å². The number of thiocarbonyl (C=S) groups is 1. The SMILES string of the molecule is CCc1ccccc1NC(=S)Nc1c(C)nn(Cc2cccc(OC)c2)c1C. The minimum Gasteiger partial charge on any atom is -0.497 e. The molecule has 3 rings (SSSR count). The zero-order valence-electron chi connectivity index (χ0n) is 16.7. The second kappa shape index (κ2) is 8.89. The van der Waals surface area contributed by atoms with Gasteiger partial charge in [-0.25, -0.2) is 0 Å². The Bertz CT molecular complexity index is 980. The zero-order valence-corrected chi connectivity index (χ0v) is 17.6. The maximum absolute atomic E-state index is 5.54. The molecule has 0 saturated carbocycles. The molecule has 0 atom stereocenters. The number of methoxy groups -OCH3 is 1. The lowest BCUT2D eigenvalue weighted by Gasteiger charge is -2.14. The quantitative estimate of drug-likeness (QED) is 0.581. The van der Waals surface area contributed by atoms with E-state index in [0.29, 0.717) is 11.7 Å². The van der Waals surface area contributed by atoms with E-state index in [1.165, 1.54) is 5.56 Å². The first kappa shape index (κ1) is 19.9. The molecule has 0 saturated heterocycles. The average molecular weight is 395 g/mol. The third-order valence-electron chi connectivity index (χ3n) is 4.73. The number of benzene rings is 2. The van der Waals surface area contributed by atoms with Crippen LogP contribution >= 0.6 is 12.2 Å². The van der Waals surface area contributed by atoms with Crippen LogP contribution < -0.4 is 15.4 Å². The van der Waals surface area contributed by atoms with Gasteiger partial charge in [-0.3, -0.25) is 4.68 Å². The Morgan fingerprint density at radius 3 is 2.64 bits per heavy atom. The Hall–Kier alpha value is -2.86. The highest BCUT2D eigenvalue weighted by molar-refractivity contribution is 7.80. The van der Waals surface area contributed by atoms with E-state index in [0.717, 1.165) is 40.5 Å². The van der Waals surface area contributed by atoms with Crippen molar-refractivity contribution in [1.29, 1.82) is 0 Å². The second-order valence-electron chi connectivity index (χ2n) is 6.64. The van der Waals surface area contributed by atoms with Crippen LogP contribution in [0.4, 0.5) is 11.4 Å². The second-order valence-corrected chi connectivity index (χ2v) is 7.05. The third kappa shape index (κ3) is 4.51. The summed E-state index contributed by atoms with van der Waals surface area (Å²) >= 11 is 5.54. The van der Waals surface area contributed by atoms with E-state index in [2.05, 4.69) is 34.8 Å². The van der Waals surface area contributed by atoms with Crippen molar-refractivity contribution in [3.63, 3.8) is 0 Å². The number of ether oxygens (including phenoxy) is 1. The molecule has 2 N–H and O–H groups in total. The number of aryl methyl sites for hydroxylation is 2. The van der Waals surface area contributed by atoms with Gasteiger partial charge in [0.1, 0.15) is 5.75 Å². The van der Waals surface area contributed by atoms with Crippen molar-refractivity contribution in [2.24, 2.45) is 0 Å². The van der Waals surface area contributed by atoms with E-state index >= 15 is 0 Å². The van der Waals surface area contributed by atoms with Crippen LogP contribution in [0, 0.1) is 13.8 Å². The summed E-state index contributed by atoms with van der Waals surface area (Å²) in [7, 11) is 1.68. The monoisotopic (exact) mass is 394 g/mol. The number of rotatable bonds is 6. The molecular formula is C22H26N4OS. The highest BCUT2D eigenvalue weighted by atomic mass is 32.1. The molecule has 28 heavy (non-hydrogen) atoms. The molecule has 0 radical (unpaired) electrons. The Balaban J connectivity index is 1.75. The van der Waals surface area contributed by atoms with Gasteiger partial charge in [-0.2, -0.15) is 5.10 Å². The van der Waals surface area contributed by atoms with Crippen LogP contribution in [0.1, 0.15) is 29.4 Å². The third-order valence-corrected chi connectivity index (χ3v) is 4.94. The van der Waals surface area contributed by atoms with Gasteiger partial charge in [-0.15, -0.1) is 0 Å². The molecule has 1 aromatic heterocycles. The highest BCUT2D eigenvalue weighted by Crippen LogP contribution is 2.22. The molecule has 0 aliphatic heterocycles. The first-order valence-electron chi connectivity index (χ1n) is 9.34. The predicted molar refractivity (Wildman–Crippen MR) is 119 cm³/mol. The number of nitrogens with one attached hydrogen (secondary N) is 2. The van der Waals surface area contributed by atoms with Crippen LogP contribution in [-0.4, -0.2) is 22.0 Å². The van der Waals surface area contributed by atoms with Crippen LogP contribution in [0.5, 0.6) is 5.75 Å². The van der Waals surface area contributed by atoms with Crippen molar-refractivity contribution in [2.45, 2.75) is 33.7 Å². The number of hydrogen-bond donors (Lipinski definition) is 2. The summed E-state index contributed by atoms with van der Waals surface area (Å²) in [6.07, 6.45) is 0.947. The number of nitrogens with zero attached hydrogens (tertiary/aromatic N) is 2. The van der Waals surface area contributed by atoms with Gasteiger partial charge in [0, 0.05) is 5.69 Å². The van der Waals surface area contributed by atoms with E-state index in [-0.39, 0.29) is 0 Å². The molecule has 0 unspecified atom stereocenters. The zero-order chi connectivity index (χ0) is 20.1. The summed E-state index contributed by atoms with van der Waals surface area (Å²) in [4.78, 5) is 0. The predicted octanol–water partition coefficient (Wildman–Crippen LogP) is 4.93. The summed E-state index contributed by atoms with van der Waals surface area (Å²) in [5.74, 6) is 0.845. The van der Waals surface area contributed by atoms with E-state index in [4.69, 9.17) is 17.0 Å². The van der Waals surface area contributed by atoms with Crippen LogP contribution in [-0.2, 0) is 13.0 Å². The van der Waals surface area contributed by atoms with Gasteiger partial charge in [0.05, 0.1) is 30.7 Å². The molecule has 1 heterocycles. The summed E-state index contributed by atoms with van der Waals surface area (Å²) in [5, 5.41) is 11.9. The van der Waals surface area contributed by atoms with Crippen LogP contribution in [0.25, 0.3) is 0 Å². The Morgan fingerprint density at radius 1 is 1.11 bits per heavy atom. The van der Waals surface area contributed by atoms with Crippen LogP contribution in [0.3, 0.4) is 0 Å². The van der Waals surface area contributed by atoms with Crippen molar-refractivity contribution in [1.82, 2.24) is 9.78 Å². The van der Waals surface area contributed by atoms with Gasteiger partial charge in [-0.05, 0) is 61.8 Å². The minimum absolute atomic E-state index is 0.563. The Morgan fingerprint density at radius 2 is 1.89 bits per heavy atom. The first-order chi connectivity index (χ1) is 13.5. The van der Waals surface area contributed by atoms with E-state index < -0.39 is 0 Å². The normalized spacial score (nSPS) is 10.6. The molecule has 0 spiro atoms. The van der Waals surface area contributed by atoms with Gasteiger partial charge in [0.25, 0.3) is 0 Å². The van der Waals surface area contributed by atoms with E-state index in [9.17, 15) is 0 Å².